The average Bonchev–Trinajstić information content (AvgIpc) is 2.86. The molecule has 1 amide bonds. The lowest BCUT2D eigenvalue weighted by Gasteiger charge is -2.41. The van der Waals surface area contributed by atoms with Crippen molar-refractivity contribution in [1.29, 1.82) is 0 Å². The first kappa shape index (κ1) is 17.1. The minimum Gasteiger partial charge on any atom is -0.377 e. The first-order chi connectivity index (χ1) is 12.3. The van der Waals surface area contributed by atoms with Gasteiger partial charge >= 0.3 is 0 Å². The molecule has 1 fully saturated rings. The molecule has 3 nitrogen and oxygen atoms in total. The van der Waals surface area contributed by atoms with Gasteiger partial charge in [0, 0.05) is 12.2 Å². The van der Waals surface area contributed by atoms with Gasteiger partial charge in [-0.05, 0) is 40.0 Å². The van der Waals surface area contributed by atoms with Gasteiger partial charge in [0.25, 0.3) is 0 Å². The van der Waals surface area contributed by atoms with E-state index in [-0.39, 0.29) is 28.7 Å². The fraction of sp³-hybridized carbons (Fsp3) is 0.435. The van der Waals surface area contributed by atoms with Gasteiger partial charge in [-0.2, -0.15) is 0 Å². The number of hydrogen-bond donors (Lipinski definition) is 2. The topological polar surface area (TPSA) is 41.1 Å². The Kier molecular flexibility index (Phi) is 3.87. The molecule has 2 unspecified atom stereocenters. The fourth-order valence-corrected chi connectivity index (χ4v) is 4.69. The predicted molar refractivity (Wildman–Crippen MR) is 106 cm³/mol. The van der Waals surface area contributed by atoms with Crippen molar-refractivity contribution in [1.82, 2.24) is 5.32 Å². The highest BCUT2D eigenvalue weighted by molar-refractivity contribution is 5.87. The van der Waals surface area contributed by atoms with Gasteiger partial charge in [0.15, 0.2) is 0 Å². The highest BCUT2D eigenvalue weighted by atomic mass is 16.2. The van der Waals surface area contributed by atoms with Crippen LogP contribution in [0.1, 0.15) is 56.3 Å². The van der Waals surface area contributed by atoms with Crippen molar-refractivity contribution >= 4 is 11.6 Å². The van der Waals surface area contributed by atoms with Gasteiger partial charge in [-0.15, -0.1) is 0 Å². The molecule has 1 saturated heterocycles. The summed E-state index contributed by atoms with van der Waals surface area (Å²) >= 11 is 0. The van der Waals surface area contributed by atoms with Crippen LogP contribution in [-0.4, -0.2) is 12.5 Å². The molecule has 2 N–H and O–H groups in total. The van der Waals surface area contributed by atoms with Crippen molar-refractivity contribution in [3.8, 4) is 0 Å². The summed E-state index contributed by atoms with van der Waals surface area (Å²) in [5.41, 5.74) is 5.02. The molecule has 4 rings (SSSR count). The summed E-state index contributed by atoms with van der Waals surface area (Å²) in [5.74, 6) is 0.0646. The van der Waals surface area contributed by atoms with E-state index in [0.717, 1.165) is 18.5 Å². The number of benzene rings is 2. The molecule has 0 bridgehead atoms. The summed E-state index contributed by atoms with van der Waals surface area (Å²) in [4.78, 5) is 12.4. The molecule has 0 radical (unpaired) electrons. The predicted octanol–water partition coefficient (Wildman–Crippen LogP) is 4.66. The Morgan fingerprint density at radius 2 is 1.65 bits per heavy atom. The van der Waals surface area contributed by atoms with Crippen LogP contribution in [0.15, 0.2) is 48.5 Å². The molecule has 2 aliphatic rings. The molecule has 0 spiro atoms. The van der Waals surface area contributed by atoms with Crippen molar-refractivity contribution in [2.45, 2.75) is 46.1 Å². The number of carbonyl (C=O) groups excluding carboxylic acids is 1. The molecule has 3 heteroatoms. The largest absolute Gasteiger partial charge is 0.377 e. The van der Waals surface area contributed by atoms with Gasteiger partial charge in [0.05, 0.1) is 12.0 Å². The van der Waals surface area contributed by atoms with E-state index >= 15 is 0 Å². The Bertz CT molecular complexity index is 853. The van der Waals surface area contributed by atoms with Crippen molar-refractivity contribution in [2.75, 3.05) is 11.9 Å². The zero-order chi connectivity index (χ0) is 18.5. The Morgan fingerprint density at radius 1 is 0.923 bits per heavy atom. The molecule has 0 aromatic heterocycles. The van der Waals surface area contributed by atoms with Gasteiger partial charge in [0.1, 0.15) is 0 Å². The minimum atomic E-state index is -0.0820. The van der Waals surface area contributed by atoms with E-state index in [0.29, 0.717) is 0 Å². The van der Waals surface area contributed by atoms with Crippen LogP contribution in [-0.2, 0) is 11.2 Å². The van der Waals surface area contributed by atoms with Crippen molar-refractivity contribution in [3.63, 3.8) is 0 Å². The molecule has 2 heterocycles. The first-order valence-electron chi connectivity index (χ1n) is 9.50. The molecule has 2 aliphatic heterocycles. The zero-order valence-corrected chi connectivity index (χ0v) is 16.1. The molecule has 2 aromatic rings. The van der Waals surface area contributed by atoms with E-state index in [9.17, 15) is 4.79 Å². The number of anilines is 1. The summed E-state index contributed by atoms with van der Waals surface area (Å²) in [6.45, 7) is 9.71. The third-order valence-corrected chi connectivity index (χ3v) is 6.08. The van der Waals surface area contributed by atoms with Crippen LogP contribution in [0.4, 0.5) is 5.69 Å². The lowest BCUT2D eigenvalue weighted by Crippen LogP contribution is -2.35. The van der Waals surface area contributed by atoms with Crippen LogP contribution in [0.2, 0.25) is 0 Å². The number of rotatable bonds is 2. The van der Waals surface area contributed by atoms with E-state index in [2.05, 4.69) is 86.9 Å². The Balaban J connectivity index is 1.72. The maximum Gasteiger partial charge on any atom is 0.228 e. The molecule has 26 heavy (non-hydrogen) atoms. The van der Waals surface area contributed by atoms with E-state index in [4.69, 9.17) is 0 Å². The maximum atomic E-state index is 12.4. The lowest BCUT2D eigenvalue weighted by molar-refractivity contribution is -0.121. The van der Waals surface area contributed by atoms with Crippen LogP contribution < -0.4 is 10.6 Å². The number of para-hydroxylation sites is 1. The molecule has 0 saturated carbocycles. The van der Waals surface area contributed by atoms with Gasteiger partial charge in [-0.25, -0.2) is 0 Å². The average molecular weight is 348 g/mol. The molecule has 2 atom stereocenters. The summed E-state index contributed by atoms with van der Waals surface area (Å²) < 4.78 is 0. The number of nitrogens with one attached hydrogen (secondary N) is 2. The summed E-state index contributed by atoms with van der Waals surface area (Å²) in [7, 11) is 0. The quantitative estimate of drug-likeness (QED) is 0.828. The van der Waals surface area contributed by atoms with Crippen molar-refractivity contribution in [3.05, 3.63) is 65.2 Å². The van der Waals surface area contributed by atoms with Gasteiger partial charge in [0.2, 0.25) is 5.91 Å². The maximum absolute atomic E-state index is 12.4. The van der Waals surface area contributed by atoms with E-state index in [1.54, 1.807) is 0 Å². The normalized spacial score (nSPS) is 25.9. The summed E-state index contributed by atoms with van der Waals surface area (Å²) in [5, 5.41) is 6.78. The second-order valence-corrected chi connectivity index (χ2v) is 9.21. The van der Waals surface area contributed by atoms with Crippen LogP contribution in [0, 0.1) is 10.8 Å². The fourth-order valence-electron chi connectivity index (χ4n) is 4.69. The Morgan fingerprint density at radius 3 is 2.38 bits per heavy atom. The Hall–Kier alpha value is -2.29. The molecule has 0 aliphatic carbocycles. The monoisotopic (exact) mass is 348 g/mol. The van der Waals surface area contributed by atoms with Crippen molar-refractivity contribution < 1.29 is 4.79 Å². The first-order valence-corrected chi connectivity index (χ1v) is 9.50. The van der Waals surface area contributed by atoms with Crippen LogP contribution in [0.25, 0.3) is 0 Å². The number of amides is 1. The van der Waals surface area contributed by atoms with Crippen LogP contribution in [0.5, 0.6) is 0 Å². The number of hydrogen-bond acceptors (Lipinski definition) is 2. The lowest BCUT2D eigenvalue weighted by atomic mass is 9.71. The van der Waals surface area contributed by atoms with Crippen LogP contribution in [0.3, 0.4) is 0 Å². The standard InChI is InChI=1S/C23H28N2O/c1-22(2)13-17-8-5-6-11-18(17)25-20(22)16-10-7-9-15(12-16)19-21(26)24-14-23(19,3)4/h5-12,19-20,25H,13-14H2,1-4H3,(H,24,26). The third-order valence-electron chi connectivity index (χ3n) is 6.08. The summed E-state index contributed by atoms with van der Waals surface area (Å²) in [6.07, 6.45) is 1.04. The molecular weight excluding hydrogens is 320 g/mol. The van der Waals surface area contributed by atoms with E-state index in [1.165, 1.54) is 16.8 Å². The Labute approximate surface area is 156 Å². The second-order valence-electron chi connectivity index (χ2n) is 9.21. The SMILES string of the molecule is CC1(C)Cc2ccccc2NC1c1cccc(C2C(=O)NCC2(C)C)c1. The highest BCUT2D eigenvalue weighted by Gasteiger charge is 2.43. The molecular formula is C23H28N2O. The highest BCUT2D eigenvalue weighted by Crippen LogP contribution is 2.46. The molecule has 2 aromatic carbocycles. The summed E-state index contributed by atoms with van der Waals surface area (Å²) in [6, 6.07) is 17.4. The minimum absolute atomic E-state index is 0.0577. The van der Waals surface area contributed by atoms with E-state index < -0.39 is 0 Å². The zero-order valence-electron chi connectivity index (χ0n) is 16.1. The van der Waals surface area contributed by atoms with Crippen LogP contribution >= 0.6 is 0 Å². The second kappa shape index (κ2) is 5.87. The molecule has 136 valence electrons. The third kappa shape index (κ3) is 2.80. The van der Waals surface area contributed by atoms with E-state index in [1.807, 2.05) is 0 Å². The number of fused-ring (bicyclic) bond motifs is 1. The van der Waals surface area contributed by atoms with Gasteiger partial charge in [-0.1, -0.05) is 70.2 Å². The van der Waals surface area contributed by atoms with Gasteiger partial charge < -0.3 is 10.6 Å². The smallest absolute Gasteiger partial charge is 0.228 e. The number of carbonyl (C=O) groups is 1. The van der Waals surface area contributed by atoms with Gasteiger partial charge in [-0.3, -0.25) is 4.79 Å². The van der Waals surface area contributed by atoms with Crippen molar-refractivity contribution in [2.24, 2.45) is 10.8 Å².